The van der Waals surface area contributed by atoms with Crippen LogP contribution in [-0.2, 0) is 22.4 Å². The Labute approximate surface area is 272 Å². The lowest BCUT2D eigenvalue weighted by Gasteiger charge is -2.31. The van der Waals surface area contributed by atoms with E-state index in [2.05, 4.69) is 51.0 Å². The van der Waals surface area contributed by atoms with Gasteiger partial charge in [0.05, 0.1) is 6.61 Å². The fourth-order valence-corrected chi connectivity index (χ4v) is 6.35. The Morgan fingerprint density at radius 3 is 2.36 bits per heavy atom. The van der Waals surface area contributed by atoms with E-state index in [-0.39, 0.29) is 18.6 Å². The van der Waals surface area contributed by atoms with Crippen molar-refractivity contribution < 1.29 is 19.4 Å². The number of aliphatic hydroxyl groups is 1. The second-order valence-corrected chi connectivity index (χ2v) is 12.2. The number of halogens is 1. The van der Waals surface area contributed by atoms with Crippen LogP contribution in [0.15, 0.2) is 119 Å². The van der Waals surface area contributed by atoms with E-state index < -0.39 is 11.6 Å². The molecule has 8 heteroatoms. The van der Waals surface area contributed by atoms with Crippen LogP contribution < -0.4 is 15.6 Å². The molecule has 0 saturated carbocycles. The second-order valence-electron chi connectivity index (χ2n) is 11.3. The number of hydrazine groups is 1. The molecular formula is C37H36BrN3O4. The number of aliphatic imine (C=N–C) groups is 1. The molecule has 3 N–H and O–H groups in total. The van der Waals surface area contributed by atoms with E-state index in [1.807, 2.05) is 91.0 Å². The standard InChI is InChI=1S/C37H36BrN3O4/c38-33-16-7-6-15-32(33)34-37(21-8-12-26-10-2-1-3-11-26,36(43)41-40-30-24-28-13-4-5-14-29(28)25-30)39-35(45-34)27-17-19-31(20-18-27)44-23-9-22-42/h1-8,10-20,30,34,40,42H,9,21-25H2,(H,41,43)/b12-8+/t34-,37-/m0/s1. The van der Waals surface area contributed by atoms with Gasteiger partial charge >= 0.3 is 0 Å². The van der Waals surface area contributed by atoms with Gasteiger partial charge < -0.3 is 14.6 Å². The van der Waals surface area contributed by atoms with Crippen molar-refractivity contribution in [1.29, 1.82) is 0 Å². The summed E-state index contributed by atoms with van der Waals surface area (Å²) in [6.07, 6.45) is 5.84. The van der Waals surface area contributed by atoms with Gasteiger partial charge in [-0.25, -0.2) is 10.4 Å². The van der Waals surface area contributed by atoms with E-state index in [4.69, 9.17) is 19.6 Å². The fraction of sp³-hybridized carbons (Fsp3) is 0.243. The van der Waals surface area contributed by atoms with Crippen molar-refractivity contribution in [2.24, 2.45) is 4.99 Å². The topological polar surface area (TPSA) is 92.2 Å². The van der Waals surface area contributed by atoms with Gasteiger partial charge in [0, 0.05) is 41.1 Å². The summed E-state index contributed by atoms with van der Waals surface area (Å²) in [7, 11) is 0. The molecule has 1 aliphatic carbocycles. The van der Waals surface area contributed by atoms with Gasteiger partial charge in [0.1, 0.15) is 5.75 Å². The predicted molar refractivity (Wildman–Crippen MR) is 180 cm³/mol. The van der Waals surface area contributed by atoms with Crippen molar-refractivity contribution in [2.45, 2.75) is 43.4 Å². The monoisotopic (exact) mass is 665 g/mol. The number of nitrogens with zero attached hydrogens (tertiary/aromatic N) is 1. The highest BCUT2D eigenvalue weighted by Crippen LogP contribution is 2.45. The van der Waals surface area contributed by atoms with Gasteiger partial charge in [0.25, 0.3) is 5.91 Å². The Kier molecular flexibility index (Phi) is 9.74. The number of fused-ring (bicyclic) bond motifs is 1. The highest BCUT2D eigenvalue weighted by molar-refractivity contribution is 9.10. The maximum atomic E-state index is 14.5. The van der Waals surface area contributed by atoms with Gasteiger partial charge in [-0.1, -0.05) is 101 Å². The average molecular weight is 667 g/mol. The molecule has 0 aromatic heterocycles. The minimum atomic E-state index is -1.31. The van der Waals surface area contributed by atoms with Crippen LogP contribution in [0.3, 0.4) is 0 Å². The van der Waals surface area contributed by atoms with Crippen LogP contribution >= 0.6 is 15.9 Å². The van der Waals surface area contributed by atoms with Crippen molar-refractivity contribution in [1.82, 2.24) is 10.9 Å². The number of benzene rings is 4. The number of carbonyl (C=O) groups excluding carboxylic acids is 1. The summed E-state index contributed by atoms with van der Waals surface area (Å²) in [6, 6.07) is 33.7. The Morgan fingerprint density at radius 2 is 1.64 bits per heavy atom. The predicted octanol–water partition coefficient (Wildman–Crippen LogP) is 6.36. The van der Waals surface area contributed by atoms with Crippen molar-refractivity contribution in [3.8, 4) is 5.75 Å². The van der Waals surface area contributed by atoms with Crippen molar-refractivity contribution in [3.05, 3.63) is 141 Å². The molecule has 1 aliphatic heterocycles. The van der Waals surface area contributed by atoms with Crippen LogP contribution in [0, 0.1) is 0 Å². The summed E-state index contributed by atoms with van der Waals surface area (Å²) in [5.74, 6) is 0.801. The number of rotatable bonds is 12. The maximum Gasteiger partial charge on any atom is 0.266 e. The maximum absolute atomic E-state index is 14.5. The summed E-state index contributed by atoms with van der Waals surface area (Å²) in [5, 5.41) is 9.07. The zero-order chi connectivity index (χ0) is 31.1. The third-order valence-electron chi connectivity index (χ3n) is 8.20. The van der Waals surface area contributed by atoms with E-state index in [9.17, 15) is 4.79 Å². The summed E-state index contributed by atoms with van der Waals surface area (Å²) < 4.78 is 13.2. The number of amides is 1. The molecule has 2 aliphatic rings. The Bertz CT molecular complexity index is 1650. The zero-order valence-corrected chi connectivity index (χ0v) is 26.5. The molecule has 0 spiro atoms. The van der Waals surface area contributed by atoms with Crippen LogP contribution in [0.4, 0.5) is 0 Å². The smallest absolute Gasteiger partial charge is 0.266 e. The normalized spacial score (nSPS) is 19.2. The van der Waals surface area contributed by atoms with Crippen LogP contribution in [0.1, 0.15) is 46.8 Å². The van der Waals surface area contributed by atoms with Crippen LogP contribution in [-0.4, -0.2) is 41.7 Å². The Balaban J connectivity index is 1.33. The molecular weight excluding hydrogens is 630 g/mol. The summed E-state index contributed by atoms with van der Waals surface area (Å²) in [6.45, 7) is 0.498. The first-order valence-electron chi connectivity index (χ1n) is 15.2. The molecule has 0 bridgehead atoms. The SMILES string of the molecule is O=C(NNC1Cc2ccccc2C1)[C@@]1(C/C=C/c2ccccc2)N=C(c2ccc(OCCCO)cc2)O[C@H]1c1ccccc1Br. The number of hydrogen-bond donors (Lipinski definition) is 3. The average Bonchev–Trinajstić information content (AvgIpc) is 3.67. The molecule has 0 radical (unpaired) electrons. The van der Waals surface area contributed by atoms with Crippen molar-refractivity contribution in [2.75, 3.05) is 13.2 Å². The first kappa shape index (κ1) is 30.8. The minimum Gasteiger partial charge on any atom is -0.494 e. The van der Waals surface area contributed by atoms with Gasteiger partial charge in [0.15, 0.2) is 11.6 Å². The summed E-state index contributed by atoms with van der Waals surface area (Å²) in [4.78, 5) is 19.6. The minimum absolute atomic E-state index is 0.0740. The van der Waals surface area contributed by atoms with E-state index in [1.54, 1.807) is 0 Å². The van der Waals surface area contributed by atoms with Crippen molar-refractivity contribution in [3.63, 3.8) is 0 Å². The molecule has 7 nitrogen and oxygen atoms in total. The largest absolute Gasteiger partial charge is 0.494 e. The lowest BCUT2D eigenvalue weighted by Crippen LogP contribution is -2.55. The van der Waals surface area contributed by atoms with Gasteiger partial charge in [0.2, 0.25) is 5.90 Å². The van der Waals surface area contributed by atoms with E-state index >= 15 is 0 Å². The van der Waals surface area contributed by atoms with Crippen LogP contribution in [0.5, 0.6) is 5.75 Å². The van der Waals surface area contributed by atoms with Gasteiger partial charge in [-0.05, 0) is 59.9 Å². The Hall–Kier alpha value is -4.24. The molecule has 2 atom stereocenters. The first-order valence-corrected chi connectivity index (χ1v) is 16.0. The van der Waals surface area contributed by atoms with Crippen molar-refractivity contribution >= 4 is 33.8 Å². The summed E-state index contributed by atoms with van der Waals surface area (Å²) in [5.41, 5.74) is 10.3. The molecule has 230 valence electrons. The van der Waals surface area contributed by atoms with Gasteiger partial charge in [-0.15, -0.1) is 0 Å². The number of hydrogen-bond acceptors (Lipinski definition) is 6. The fourth-order valence-electron chi connectivity index (χ4n) is 5.86. The molecule has 0 fully saturated rings. The molecule has 6 rings (SSSR count). The molecule has 4 aromatic carbocycles. The third-order valence-corrected chi connectivity index (χ3v) is 8.92. The van der Waals surface area contributed by atoms with E-state index in [0.29, 0.717) is 31.1 Å². The number of aliphatic hydroxyl groups excluding tert-OH is 1. The number of ether oxygens (including phenoxy) is 2. The lowest BCUT2D eigenvalue weighted by molar-refractivity contribution is -0.130. The van der Waals surface area contributed by atoms with Gasteiger partial charge in [-0.2, -0.15) is 0 Å². The number of carbonyl (C=O) groups is 1. The van der Waals surface area contributed by atoms with Gasteiger partial charge in [-0.3, -0.25) is 10.2 Å². The third kappa shape index (κ3) is 7.04. The highest BCUT2D eigenvalue weighted by Gasteiger charge is 2.53. The van der Waals surface area contributed by atoms with Crippen LogP contribution in [0.2, 0.25) is 0 Å². The lowest BCUT2D eigenvalue weighted by atomic mass is 9.84. The quantitative estimate of drug-likeness (QED) is 0.121. The zero-order valence-electron chi connectivity index (χ0n) is 24.9. The molecule has 45 heavy (non-hydrogen) atoms. The molecule has 0 unspecified atom stereocenters. The molecule has 1 amide bonds. The van der Waals surface area contributed by atoms with Crippen LogP contribution in [0.25, 0.3) is 6.08 Å². The van der Waals surface area contributed by atoms with E-state index in [0.717, 1.165) is 34.0 Å². The molecule has 1 heterocycles. The molecule has 4 aromatic rings. The summed E-state index contributed by atoms with van der Waals surface area (Å²) >= 11 is 3.71. The molecule has 0 saturated heterocycles. The first-order chi connectivity index (χ1) is 22.1. The number of nitrogens with one attached hydrogen (secondary N) is 2. The second kappa shape index (κ2) is 14.2. The Morgan fingerprint density at radius 1 is 0.956 bits per heavy atom. The highest BCUT2D eigenvalue weighted by atomic mass is 79.9. The van der Waals surface area contributed by atoms with E-state index in [1.165, 1.54) is 11.1 Å².